The Labute approximate surface area is 150 Å². The molecule has 1 atom stereocenters. The molecular weight excluding hydrogens is 332 g/mol. The van der Waals surface area contributed by atoms with Crippen molar-refractivity contribution in [1.29, 1.82) is 0 Å². The predicted molar refractivity (Wildman–Crippen MR) is 95.7 cm³/mol. The Kier molecular flexibility index (Phi) is 5.07. The van der Waals surface area contributed by atoms with Gasteiger partial charge >= 0.3 is 5.97 Å². The van der Waals surface area contributed by atoms with E-state index in [-0.39, 0.29) is 11.5 Å². The van der Waals surface area contributed by atoms with E-state index >= 15 is 0 Å². The van der Waals surface area contributed by atoms with Crippen LogP contribution in [0.3, 0.4) is 0 Å². The smallest absolute Gasteiger partial charge is 0.342 e. The van der Waals surface area contributed by atoms with E-state index in [4.69, 9.17) is 4.74 Å². The van der Waals surface area contributed by atoms with Gasteiger partial charge in [-0.25, -0.2) is 9.48 Å². The maximum Gasteiger partial charge on any atom is 0.342 e. The fraction of sp³-hybridized carbons (Fsp3) is 0.158. The lowest BCUT2D eigenvalue weighted by Gasteiger charge is -2.11. The molecule has 0 fully saturated rings. The Bertz CT molecular complexity index is 907. The largest absolute Gasteiger partial charge is 0.449 e. The van der Waals surface area contributed by atoms with Crippen molar-refractivity contribution >= 4 is 11.9 Å². The average molecular weight is 350 g/mol. The number of hydrogen-bond donors (Lipinski definition) is 1. The normalized spacial score (nSPS) is 11.6. The quantitative estimate of drug-likeness (QED) is 0.713. The van der Waals surface area contributed by atoms with Crippen LogP contribution < -0.4 is 5.32 Å². The Morgan fingerprint density at radius 1 is 1.15 bits per heavy atom. The molecule has 1 aromatic carbocycles. The summed E-state index contributed by atoms with van der Waals surface area (Å²) in [5, 5.41) is 6.97. The standard InChI is InChI=1S/C19H18N4O3/c1-13(18(24)20-2)26-19(25)16-12-23(15-8-4-3-5-9-15)22-17(16)14-7-6-10-21-11-14/h3-13H,1-2H3,(H,20,24)/t13-/m0/s1. The van der Waals surface area contributed by atoms with E-state index in [0.717, 1.165) is 5.69 Å². The summed E-state index contributed by atoms with van der Waals surface area (Å²) in [4.78, 5) is 28.4. The van der Waals surface area contributed by atoms with E-state index in [2.05, 4.69) is 15.4 Å². The van der Waals surface area contributed by atoms with Crippen molar-refractivity contribution in [2.75, 3.05) is 7.05 Å². The van der Waals surface area contributed by atoms with Crippen LogP contribution >= 0.6 is 0 Å². The SMILES string of the molecule is CNC(=O)[C@H](C)OC(=O)c1cn(-c2ccccc2)nc1-c1cccnc1. The van der Waals surface area contributed by atoms with E-state index in [9.17, 15) is 9.59 Å². The van der Waals surface area contributed by atoms with Gasteiger partial charge in [0.05, 0.1) is 5.69 Å². The lowest BCUT2D eigenvalue weighted by atomic mass is 10.1. The number of nitrogens with zero attached hydrogens (tertiary/aromatic N) is 3. The third-order valence-corrected chi connectivity index (χ3v) is 3.79. The van der Waals surface area contributed by atoms with Crippen LogP contribution in [0.15, 0.2) is 61.1 Å². The number of carbonyl (C=O) groups excluding carboxylic acids is 2. The Morgan fingerprint density at radius 3 is 2.58 bits per heavy atom. The molecule has 0 radical (unpaired) electrons. The van der Waals surface area contributed by atoms with Crippen molar-refractivity contribution in [2.24, 2.45) is 0 Å². The van der Waals surface area contributed by atoms with Crippen LogP contribution in [-0.2, 0) is 9.53 Å². The molecule has 0 bridgehead atoms. The molecule has 0 aliphatic rings. The molecule has 2 heterocycles. The van der Waals surface area contributed by atoms with E-state index in [1.165, 1.54) is 14.0 Å². The third kappa shape index (κ3) is 3.61. The minimum atomic E-state index is -0.908. The fourth-order valence-electron chi connectivity index (χ4n) is 2.43. The van der Waals surface area contributed by atoms with Crippen molar-refractivity contribution in [3.63, 3.8) is 0 Å². The van der Waals surface area contributed by atoms with Gasteiger partial charge in [0.25, 0.3) is 5.91 Å². The summed E-state index contributed by atoms with van der Waals surface area (Å²) in [6, 6.07) is 13.0. The van der Waals surface area contributed by atoms with Gasteiger partial charge in [-0.3, -0.25) is 9.78 Å². The number of likely N-dealkylation sites (N-methyl/N-ethyl adjacent to an activating group) is 1. The highest BCUT2D eigenvalue weighted by Crippen LogP contribution is 2.24. The molecule has 3 rings (SSSR count). The highest BCUT2D eigenvalue weighted by Gasteiger charge is 2.24. The number of para-hydroxylation sites is 1. The van der Waals surface area contributed by atoms with Crippen LogP contribution in [0.4, 0.5) is 0 Å². The number of hydrogen-bond acceptors (Lipinski definition) is 5. The summed E-state index contributed by atoms with van der Waals surface area (Å²) in [7, 11) is 1.49. The van der Waals surface area contributed by atoms with Crippen molar-refractivity contribution < 1.29 is 14.3 Å². The first-order valence-corrected chi connectivity index (χ1v) is 8.08. The molecular formula is C19H18N4O3. The van der Waals surface area contributed by atoms with Gasteiger partial charge in [0.2, 0.25) is 0 Å². The number of aromatic nitrogens is 3. The van der Waals surface area contributed by atoms with Gasteiger partial charge < -0.3 is 10.1 Å². The molecule has 7 nitrogen and oxygen atoms in total. The van der Waals surface area contributed by atoms with Gasteiger partial charge in [0.1, 0.15) is 11.3 Å². The number of benzene rings is 1. The number of pyridine rings is 1. The lowest BCUT2D eigenvalue weighted by molar-refractivity contribution is -0.128. The number of amides is 1. The summed E-state index contributed by atoms with van der Waals surface area (Å²) < 4.78 is 6.88. The number of carbonyl (C=O) groups is 2. The fourth-order valence-corrected chi connectivity index (χ4v) is 2.43. The first kappa shape index (κ1) is 17.3. The average Bonchev–Trinajstić information content (AvgIpc) is 3.14. The van der Waals surface area contributed by atoms with Crippen LogP contribution in [0, 0.1) is 0 Å². The highest BCUT2D eigenvalue weighted by molar-refractivity contribution is 5.97. The number of rotatable bonds is 5. The lowest BCUT2D eigenvalue weighted by Crippen LogP contribution is -2.33. The Balaban J connectivity index is 2.01. The molecule has 0 aliphatic heterocycles. The zero-order valence-corrected chi connectivity index (χ0v) is 14.4. The van der Waals surface area contributed by atoms with Crippen LogP contribution in [-0.4, -0.2) is 39.8 Å². The van der Waals surface area contributed by atoms with E-state index in [0.29, 0.717) is 11.3 Å². The van der Waals surface area contributed by atoms with Gasteiger partial charge in [0, 0.05) is 31.2 Å². The highest BCUT2D eigenvalue weighted by atomic mass is 16.5. The number of esters is 1. The molecule has 1 N–H and O–H groups in total. The summed E-state index contributed by atoms with van der Waals surface area (Å²) in [6.45, 7) is 1.52. The second-order valence-corrected chi connectivity index (χ2v) is 5.57. The second kappa shape index (κ2) is 7.60. The maximum absolute atomic E-state index is 12.6. The van der Waals surface area contributed by atoms with Crippen molar-refractivity contribution in [2.45, 2.75) is 13.0 Å². The molecule has 3 aromatic rings. The predicted octanol–water partition coefficient (Wildman–Crippen LogP) is 2.23. The van der Waals surface area contributed by atoms with Gasteiger partial charge in [-0.2, -0.15) is 5.10 Å². The zero-order valence-electron chi connectivity index (χ0n) is 14.4. The summed E-state index contributed by atoms with van der Waals surface area (Å²) in [5.41, 5.74) is 2.19. The van der Waals surface area contributed by atoms with Crippen molar-refractivity contribution in [1.82, 2.24) is 20.1 Å². The Hall–Kier alpha value is -3.48. The summed E-state index contributed by atoms with van der Waals surface area (Å²) in [6.07, 6.45) is 3.95. The van der Waals surface area contributed by atoms with E-state index in [1.807, 2.05) is 36.4 Å². The van der Waals surface area contributed by atoms with Crippen LogP contribution in [0.2, 0.25) is 0 Å². The third-order valence-electron chi connectivity index (χ3n) is 3.79. The summed E-state index contributed by atoms with van der Waals surface area (Å²) in [5.74, 6) is -1.00. The van der Waals surface area contributed by atoms with Crippen LogP contribution in [0.5, 0.6) is 0 Å². The molecule has 2 aromatic heterocycles. The molecule has 1 amide bonds. The summed E-state index contributed by atoms with van der Waals surface area (Å²) >= 11 is 0. The van der Waals surface area contributed by atoms with E-state index < -0.39 is 12.1 Å². The molecule has 0 aliphatic carbocycles. The minimum absolute atomic E-state index is 0.262. The molecule has 0 saturated carbocycles. The van der Waals surface area contributed by atoms with Crippen LogP contribution in [0.1, 0.15) is 17.3 Å². The monoisotopic (exact) mass is 350 g/mol. The van der Waals surface area contributed by atoms with Crippen molar-refractivity contribution in [3.05, 3.63) is 66.6 Å². The molecule has 0 unspecified atom stereocenters. The molecule has 0 saturated heterocycles. The van der Waals surface area contributed by atoms with Gasteiger partial charge in [-0.05, 0) is 31.2 Å². The zero-order chi connectivity index (χ0) is 18.5. The van der Waals surface area contributed by atoms with Gasteiger partial charge in [-0.15, -0.1) is 0 Å². The minimum Gasteiger partial charge on any atom is -0.449 e. The first-order chi connectivity index (χ1) is 12.6. The molecule has 132 valence electrons. The van der Waals surface area contributed by atoms with Gasteiger partial charge in [-0.1, -0.05) is 18.2 Å². The maximum atomic E-state index is 12.6. The molecule has 0 spiro atoms. The first-order valence-electron chi connectivity index (χ1n) is 8.08. The van der Waals surface area contributed by atoms with Crippen LogP contribution in [0.25, 0.3) is 16.9 Å². The van der Waals surface area contributed by atoms with Gasteiger partial charge in [0.15, 0.2) is 6.10 Å². The van der Waals surface area contributed by atoms with E-state index in [1.54, 1.807) is 29.3 Å². The number of ether oxygens (including phenoxy) is 1. The topological polar surface area (TPSA) is 86.1 Å². The second-order valence-electron chi connectivity index (χ2n) is 5.57. The Morgan fingerprint density at radius 2 is 1.92 bits per heavy atom. The van der Waals surface area contributed by atoms with Crippen molar-refractivity contribution in [3.8, 4) is 16.9 Å². The number of nitrogens with one attached hydrogen (secondary N) is 1. The molecule has 7 heteroatoms. The molecule has 26 heavy (non-hydrogen) atoms.